The molecule has 0 spiro atoms. The average Bonchev–Trinajstić information content (AvgIpc) is 2.98. The summed E-state index contributed by atoms with van der Waals surface area (Å²) in [5, 5.41) is 2.99. The van der Waals surface area contributed by atoms with Crippen LogP contribution in [0.5, 0.6) is 0 Å². The predicted molar refractivity (Wildman–Crippen MR) is 83.7 cm³/mol. The average molecular weight is 295 g/mol. The highest BCUT2D eigenvalue weighted by atomic mass is 32.1. The lowest BCUT2D eigenvalue weighted by atomic mass is 10.1. The van der Waals surface area contributed by atoms with Crippen LogP contribution in [0.1, 0.15) is 5.56 Å². The molecule has 104 valence electrons. The number of nitrogens with two attached hydrogens (primary N) is 1. The molecule has 0 aliphatic heterocycles. The molecule has 3 aromatic rings. The number of benzene rings is 1. The molecule has 0 saturated carbocycles. The van der Waals surface area contributed by atoms with Crippen molar-refractivity contribution < 1.29 is 4.79 Å². The van der Waals surface area contributed by atoms with Crippen molar-refractivity contribution in [1.29, 1.82) is 0 Å². The summed E-state index contributed by atoms with van der Waals surface area (Å²) in [5.74, 6) is -0.323. The Morgan fingerprint density at radius 2 is 1.76 bits per heavy atom. The van der Waals surface area contributed by atoms with Crippen LogP contribution >= 0.6 is 11.3 Å². The van der Waals surface area contributed by atoms with Gasteiger partial charge in [-0.05, 0) is 17.7 Å². The highest BCUT2D eigenvalue weighted by molar-refractivity contribution is 7.13. The van der Waals surface area contributed by atoms with E-state index >= 15 is 0 Å². The van der Waals surface area contributed by atoms with Gasteiger partial charge in [0, 0.05) is 28.9 Å². The van der Waals surface area contributed by atoms with E-state index in [1.807, 2.05) is 41.8 Å². The van der Waals surface area contributed by atoms with Crippen molar-refractivity contribution in [1.82, 2.24) is 9.97 Å². The molecule has 0 aliphatic rings. The Bertz CT molecular complexity index is 751. The number of pyridine rings is 1. The first-order valence-corrected chi connectivity index (χ1v) is 7.34. The lowest BCUT2D eigenvalue weighted by molar-refractivity contribution is -0.117. The van der Waals surface area contributed by atoms with Crippen molar-refractivity contribution in [2.45, 2.75) is 6.42 Å². The first-order valence-electron chi connectivity index (χ1n) is 6.46. The van der Waals surface area contributed by atoms with Crippen LogP contribution in [-0.2, 0) is 11.2 Å². The number of primary amides is 1. The van der Waals surface area contributed by atoms with Gasteiger partial charge >= 0.3 is 0 Å². The van der Waals surface area contributed by atoms with Crippen molar-refractivity contribution in [3.05, 3.63) is 59.7 Å². The van der Waals surface area contributed by atoms with E-state index in [4.69, 9.17) is 5.73 Å². The van der Waals surface area contributed by atoms with Gasteiger partial charge in [0.05, 0.1) is 12.1 Å². The van der Waals surface area contributed by atoms with Gasteiger partial charge in [0.25, 0.3) is 0 Å². The zero-order valence-electron chi connectivity index (χ0n) is 11.2. The van der Waals surface area contributed by atoms with Gasteiger partial charge in [-0.2, -0.15) is 0 Å². The lowest BCUT2D eigenvalue weighted by Gasteiger charge is -2.00. The molecule has 0 unspecified atom stereocenters. The van der Waals surface area contributed by atoms with Crippen molar-refractivity contribution in [2.75, 3.05) is 0 Å². The van der Waals surface area contributed by atoms with E-state index in [1.54, 1.807) is 23.7 Å². The minimum atomic E-state index is -0.323. The van der Waals surface area contributed by atoms with Crippen LogP contribution < -0.4 is 5.73 Å². The number of rotatable bonds is 4. The summed E-state index contributed by atoms with van der Waals surface area (Å²) in [6.45, 7) is 0. The van der Waals surface area contributed by atoms with Crippen LogP contribution in [0.4, 0.5) is 0 Å². The molecule has 0 bridgehead atoms. The van der Waals surface area contributed by atoms with Crippen molar-refractivity contribution in [3.63, 3.8) is 0 Å². The summed E-state index contributed by atoms with van der Waals surface area (Å²) >= 11 is 1.60. The Hall–Kier alpha value is -2.53. The molecule has 1 amide bonds. The second kappa shape index (κ2) is 5.85. The molecule has 2 heterocycles. The number of carbonyl (C=O) groups is 1. The smallest absolute Gasteiger partial charge is 0.221 e. The van der Waals surface area contributed by atoms with Crippen molar-refractivity contribution in [2.24, 2.45) is 5.73 Å². The quantitative estimate of drug-likeness (QED) is 0.804. The van der Waals surface area contributed by atoms with Crippen LogP contribution in [0.3, 0.4) is 0 Å². The minimum absolute atomic E-state index is 0.264. The normalized spacial score (nSPS) is 10.5. The largest absolute Gasteiger partial charge is 0.369 e. The third-order valence-electron chi connectivity index (χ3n) is 3.06. The van der Waals surface area contributed by atoms with E-state index in [-0.39, 0.29) is 12.3 Å². The summed E-state index contributed by atoms with van der Waals surface area (Å²) in [7, 11) is 0. The van der Waals surface area contributed by atoms with E-state index in [9.17, 15) is 4.79 Å². The molecule has 5 heteroatoms. The first-order chi connectivity index (χ1) is 10.2. The third kappa shape index (κ3) is 3.14. The van der Waals surface area contributed by atoms with Gasteiger partial charge in [0.15, 0.2) is 0 Å². The zero-order chi connectivity index (χ0) is 14.7. The summed E-state index contributed by atoms with van der Waals surface area (Å²) in [5.41, 5.74) is 9.12. The molecule has 0 aliphatic carbocycles. The maximum atomic E-state index is 10.9. The minimum Gasteiger partial charge on any atom is -0.369 e. The number of thiazole rings is 1. The topological polar surface area (TPSA) is 68.9 Å². The fourth-order valence-electron chi connectivity index (χ4n) is 2.03. The molecule has 2 N–H and O–H groups in total. The molecule has 0 atom stereocenters. The molecule has 0 fully saturated rings. The van der Waals surface area contributed by atoms with E-state index in [0.29, 0.717) is 0 Å². The molecule has 2 aromatic heterocycles. The molecule has 4 nitrogen and oxygen atoms in total. The number of hydrogen-bond donors (Lipinski definition) is 1. The number of hydrogen-bond acceptors (Lipinski definition) is 4. The van der Waals surface area contributed by atoms with E-state index in [2.05, 4.69) is 9.97 Å². The molecule has 0 radical (unpaired) electrons. The molecule has 1 aromatic carbocycles. The number of carbonyl (C=O) groups excluding carboxylic acids is 1. The summed E-state index contributed by atoms with van der Waals surface area (Å²) in [4.78, 5) is 19.5. The summed E-state index contributed by atoms with van der Waals surface area (Å²) in [6, 6.07) is 11.6. The van der Waals surface area contributed by atoms with Gasteiger partial charge in [0.2, 0.25) is 5.91 Å². The highest BCUT2D eigenvalue weighted by Gasteiger charge is 2.07. The second-order valence-electron chi connectivity index (χ2n) is 4.61. The second-order valence-corrected chi connectivity index (χ2v) is 5.47. The third-order valence-corrected chi connectivity index (χ3v) is 3.95. The number of amides is 1. The van der Waals surface area contributed by atoms with Crippen LogP contribution in [0.15, 0.2) is 54.2 Å². The maximum Gasteiger partial charge on any atom is 0.221 e. The molecule has 0 saturated heterocycles. The van der Waals surface area contributed by atoms with Crippen LogP contribution in [0.2, 0.25) is 0 Å². The van der Waals surface area contributed by atoms with Gasteiger partial charge in [-0.3, -0.25) is 9.78 Å². The van der Waals surface area contributed by atoms with Crippen LogP contribution in [0.25, 0.3) is 21.8 Å². The standard InChI is InChI=1S/C16H13N3OS/c17-15(20)9-11-1-3-12(4-2-11)14-10-21-16(19-14)13-5-7-18-8-6-13/h1-8,10H,9H2,(H2,17,20). The highest BCUT2D eigenvalue weighted by Crippen LogP contribution is 2.28. The summed E-state index contributed by atoms with van der Waals surface area (Å²) in [6.07, 6.45) is 3.78. The van der Waals surface area contributed by atoms with Crippen LogP contribution in [-0.4, -0.2) is 15.9 Å². The zero-order valence-corrected chi connectivity index (χ0v) is 12.0. The Morgan fingerprint density at radius 3 is 2.43 bits per heavy atom. The predicted octanol–water partition coefficient (Wildman–Crippen LogP) is 2.90. The Balaban J connectivity index is 1.85. The van der Waals surface area contributed by atoms with E-state index in [0.717, 1.165) is 27.4 Å². The Labute approximate surface area is 126 Å². The number of aromatic nitrogens is 2. The molecule has 21 heavy (non-hydrogen) atoms. The fraction of sp³-hybridized carbons (Fsp3) is 0.0625. The number of nitrogens with zero attached hydrogens (tertiary/aromatic N) is 2. The lowest BCUT2D eigenvalue weighted by Crippen LogP contribution is -2.13. The molecule has 3 rings (SSSR count). The summed E-state index contributed by atoms with van der Waals surface area (Å²) < 4.78 is 0. The Morgan fingerprint density at radius 1 is 1.05 bits per heavy atom. The van der Waals surface area contributed by atoms with Gasteiger partial charge in [-0.25, -0.2) is 4.98 Å². The van der Waals surface area contributed by atoms with Gasteiger partial charge < -0.3 is 5.73 Å². The molecular formula is C16H13N3OS. The van der Waals surface area contributed by atoms with Crippen molar-refractivity contribution >= 4 is 17.2 Å². The molecular weight excluding hydrogens is 282 g/mol. The fourth-order valence-corrected chi connectivity index (χ4v) is 2.86. The first kappa shape index (κ1) is 13.5. The van der Waals surface area contributed by atoms with Gasteiger partial charge in [-0.1, -0.05) is 24.3 Å². The Kier molecular flexibility index (Phi) is 3.75. The van der Waals surface area contributed by atoms with Crippen LogP contribution in [0, 0.1) is 0 Å². The monoisotopic (exact) mass is 295 g/mol. The van der Waals surface area contributed by atoms with E-state index in [1.165, 1.54) is 0 Å². The van der Waals surface area contributed by atoms with Gasteiger partial charge in [-0.15, -0.1) is 11.3 Å². The maximum absolute atomic E-state index is 10.9. The van der Waals surface area contributed by atoms with Crippen molar-refractivity contribution in [3.8, 4) is 21.8 Å². The SMILES string of the molecule is NC(=O)Cc1ccc(-c2csc(-c3ccncc3)n2)cc1. The van der Waals surface area contributed by atoms with E-state index < -0.39 is 0 Å². The van der Waals surface area contributed by atoms with Gasteiger partial charge in [0.1, 0.15) is 5.01 Å².